The molecule has 0 atom stereocenters. The van der Waals surface area contributed by atoms with E-state index in [1.807, 2.05) is 24.3 Å². The zero-order valence-electron chi connectivity index (χ0n) is 15.3. The molecule has 1 aromatic carbocycles. The van der Waals surface area contributed by atoms with Gasteiger partial charge in [0.05, 0.1) is 12.8 Å². The standard InChI is InChI=1S/C20H26N2O3/c1-15(23)22(17-9-7-16(8-10-17)20(2,3)4)12-11-19(24)21-14-18-6-5-13-25-18/h5-10,13H,11-12,14H2,1-4H3,(H,21,24). The van der Waals surface area contributed by atoms with Crippen LogP contribution in [0.1, 0.15) is 45.4 Å². The van der Waals surface area contributed by atoms with Gasteiger partial charge in [0.15, 0.2) is 0 Å². The maximum Gasteiger partial charge on any atom is 0.223 e. The lowest BCUT2D eigenvalue weighted by molar-refractivity contribution is -0.121. The van der Waals surface area contributed by atoms with Crippen molar-refractivity contribution < 1.29 is 14.0 Å². The number of nitrogens with one attached hydrogen (secondary N) is 1. The van der Waals surface area contributed by atoms with Crippen molar-refractivity contribution in [2.24, 2.45) is 0 Å². The molecule has 0 unspecified atom stereocenters. The van der Waals surface area contributed by atoms with E-state index < -0.39 is 0 Å². The van der Waals surface area contributed by atoms with Gasteiger partial charge >= 0.3 is 0 Å². The van der Waals surface area contributed by atoms with Crippen LogP contribution in [0.3, 0.4) is 0 Å². The highest BCUT2D eigenvalue weighted by atomic mass is 16.3. The van der Waals surface area contributed by atoms with E-state index in [9.17, 15) is 9.59 Å². The fourth-order valence-corrected chi connectivity index (χ4v) is 2.51. The first-order valence-corrected chi connectivity index (χ1v) is 8.45. The second-order valence-electron chi connectivity index (χ2n) is 7.07. The molecule has 0 saturated carbocycles. The summed E-state index contributed by atoms with van der Waals surface area (Å²) in [5, 5.41) is 2.79. The van der Waals surface area contributed by atoms with Crippen LogP contribution >= 0.6 is 0 Å². The third-order valence-corrected chi connectivity index (χ3v) is 4.03. The Morgan fingerprint density at radius 3 is 2.32 bits per heavy atom. The number of benzene rings is 1. The highest BCUT2D eigenvalue weighted by Gasteiger charge is 2.16. The largest absolute Gasteiger partial charge is 0.467 e. The molecule has 5 nitrogen and oxygen atoms in total. The second kappa shape index (κ2) is 8.01. The number of rotatable bonds is 6. The average molecular weight is 342 g/mol. The summed E-state index contributed by atoms with van der Waals surface area (Å²) in [6, 6.07) is 11.5. The van der Waals surface area contributed by atoms with E-state index in [0.29, 0.717) is 18.8 Å². The number of furan rings is 1. The van der Waals surface area contributed by atoms with Crippen molar-refractivity contribution in [2.45, 2.75) is 46.1 Å². The van der Waals surface area contributed by atoms with E-state index in [4.69, 9.17) is 4.42 Å². The summed E-state index contributed by atoms with van der Waals surface area (Å²) in [7, 11) is 0. The first kappa shape index (κ1) is 18.8. The molecular weight excluding hydrogens is 316 g/mol. The van der Waals surface area contributed by atoms with E-state index in [-0.39, 0.29) is 23.7 Å². The summed E-state index contributed by atoms with van der Waals surface area (Å²) in [6.07, 6.45) is 1.81. The smallest absolute Gasteiger partial charge is 0.223 e. The first-order chi connectivity index (χ1) is 11.8. The lowest BCUT2D eigenvalue weighted by Gasteiger charge is -2.23. The van der Waals surface area contributed by atoms with Crippen LogP contribution in [0.15, 0.2) is 47.1 Å². The van der Waals surface area contributed by atoms with Gasteiger partial charge in [-0.25, -0.2) is 0 Å². The van der Waals surface area contributed by atoms with Gasteiger partial charge in [-0.15, -0.1) is 0 Å². The zero-order chi connectivity index (χ0) is 18.4. The Labute approximate surface area is 149 Å². The monoisotopic (exact) mass is 342 g/mol. The topological polar surface area (TPSA) is 62.6 Å². The van der Waals surface area contributed by atoms with Crippen molar-refractivity contribution in [3.63, 3.8) is 0 Å². The summed E-state index contributed by atoms with van der Waals surface area (Å²) >= 11 is 0. The Hall–Kier alpha value is -2.56. The highest BCUT2D eigenvalue weighted by Crippen LogP contribution is 2.25. The maximum absolute atomic E-state index is 12.0. The van der Waals surface area contributed by atoms with Gasteiger partial charge in [0.2, 0.25) is 11.8 Å². The molecule has 0 aliphatic carbocycles. The van der Waals surface area contributed by atoms with Crippen molar-refractivity contribution in [2.75, 3.05) is 11.4 Å². The Morgan fingerprint density at radius 2 is 1.80 bits per heavy atom. The van der Waals surface area contributed by atoms with Gasteiger partial charge in [-0.2, -0.15) is 0 Å². The quantitative estimate of drug-likeness (QED) is 0.872. The predicted octanol–water partition coefficient (Wildman–Crippen LogP) is 3.64. The molecular formula is C20H26N2O3. The Bertz CT molecular complexity index is 698. The van der Waals surface area contributed by atoms with Gasteiger partial charge in [0, 0.05) is 25.6 Å². The van der Waals surface area contributed by atoms with E-state index in [0.717, 1.165) is 5.69 Å². The number of nitrogens with zero attached hydrogens (tertiary/aromatic N) is 1. The minimum absolute atomic E-state index is 0.0608. The summed E-state index contributed by atoms with van der Waals surface area (Å²) in [5.74, 6) is 0.505. The van der Waals surface area contributed by atoms with Crippen molar-refractivity contribution in [1.82, 2.24) is 5.32 Å². The summed E-state index contributed by atoms with van der Waals surface area (Å²) in [6.45, 7) is 8.65. The zero-order valence-corrected chi connectivity index (χ0v) is 15.3. The molecule has 1 heterocycles. The first-order valence-electron chi connectivity index (χ1n) is 8.45. The second-order valence-corrected chi connectivity index (χ2v) is 7.07. The van der Waals surface area contributed by atoms with Crippen LogP contribution < -0.4 is 10.2 Å². The van der Waals surface area contributed by atoms with Crippen molar-refractivity contribution in [3.05, 3.63) is 54.0 Å². The Morgan fingerprint density at radius 1 is 1.12 bits per heavy atom. The molecule has 1 N–H and O–H groups in total. The number of hydrogen-bond acceptors (Lipinski definition) is 3. The lowest BCUT2D eigenvalue weighted by atomic mass is 9.87. The van der Waals surface area contributed by atoms with Crippen LogP contribution in [0.25, 0.3) is 0 Å². The van der Waals surface area contributed by atoms with Crippen LogP contribution in [0.2, 0.25) is 0 Å². The summed E-state index contributed by atoms with van der Waals surface area (Å²) in [4.78, 5) is 25.6. The van der Waals surface area contributed by atoms with Gasteiger partial charge in [-0.05, 0) is 35.2 Å². The lowest BCUT2D eigenvalue weighted by Crippen LogP contribution is -2.33. The number of carbonyl (C=O) groups is 2. The van der Waals surface area contributed by atoms with Gasteiger partial charge in [0.25, 0.3) is 0 Å². The number of hydrogen-bond donors (Lipinski definition) is 1. The Kier molecular flexibility index (Phi) is 6.02. The van der Waals surface area contributed by atoms with Gasteiger partial charge in [0.1, 0.15) is 5.76 Å². The molecule has 0 saturated heterocycles. The predicted molar refractivity (Wildman–Crippen MR) is 98.3 cm³/mol. The average Bonchev–Trinajstić information content (AvgIpc) is 3.06. The summed E-state index contributed by atoms with van der Waals surface area (Å²) < 4.78 is 5.18. The van der Waals surface area contributed by atoms with Crippen LogP contribution in [0.4, 0.5) is 5.69 Å². The fraction of sp³-hybridized carbons (Fsp3) is 0.400. The SMILES string of the molecule is CC(=O)N(CCC(=O)NCc1ccco1)c1ccc(C(C)(C)C)cc1. The molecule has 2 amide bonds. The third-order valence-electron chi connectivity index (χ3n) is 4.03. The molecule has 0 fully saturated rings. The van der Waals surface area contributed by atoms with E-state index in [1.54, 1.807) is 23.3 Å². The third kappa shape index (κ3) is 5.48. The van der Waals surface area contributed by atoms with Crippen LogP contribution in [0, 0.1) is 0 Å². The molecule has 0 aliphatic heterocycles. The fourth-order valence-electron chi connectivity index (χ4n) is 2.51. The van der Waals surface area contributed by atoms with E-state index in [2.05, 4.69) is 26.1 Å². The minimum Gasteiger partial charge on any atom is -0.467 e. The molecule has 0 aliphatic rings. The van der Waals surface area contributed by atoms with Crippen molar-refractivity contribution in [3.8, 4) is 0 Å². The van der Waals surface area contributed by atoms with Crippen molar-refractivity contribution in [1.29, 1.82) is 0 Å². The molecule has 134 valence electrons. The van der Waals surface area contributed by atoms with Gasteiger partial charge in [-0.3, -0.25) is 9.59 Å². The number of anilines is 1. The normalized spacial score (nSPS) is 11.2. The van der Waals surface area contributed by atoms with Gasteiger partial charge in [-0.1, -0.05) is 32.9 Å². The summed E-state index contributed by atoms with van der Waals surface area (Å²) in [5.41, 5.74) is 2.07. The maximum atomic E-state index is 12.0. The van der Waals surface area contributed by atoms with Gasteiger partial charge < -0.3 is 14.6 Å². The van der Waals surface area contributed by atoms with Crippen LogP contribution in [0.5, 0.6) is 0 Å². The van der Waals surface area contributed by atoms with E-state index >= 15 is 0 Å². The Balaban J connectivity index is 1.94. The minimum atomic E-state index is -0.117. The van der Waals surface area contributed by atoms with E-state index in [1.165, 1.54) is 12.5 Å². The highest BCUT2D eigenvalue weighted by molar-refractivity contribution is 5.92. The molecule has 25 heavy (non-hydrogen) atoms. The van der Waals surface area contributed by atoms with Crippen LogP contribution in [-0.4, -0.2) is 18.4 Å². The molecule has 2 aromatic rings. The molecule has 5 heteroatoms. The molecule has 1 aromatic heterocycles. The number of amides is 2. The van der Waals surface area contributed by atoms with Crippen molar-refractivity contribution >= 4 is 17.5 Å². The number of carbonyl (C=O) groups excluding carboxylic acids is 2. The molecule has 2 rings (SSSR count). The molecule has 0 spiro atoms. The van der Waals surface area contributed by atoms with Crippen LogP contribution in [-0.2, 0) is 21.5 Å². The molecule has 0 radical (unpaired) electrons. The molecule has 0 bridgehead atoms.